The number of hydrogen-bond acceptors (Lipinski definition) is 5. The number of para-hydroxylation sites is 1. The summed E-state index contributed by atoms with van der Waals surface area (Å²) in [6.45, 7) is 4.00. The van der Waals surface area contributed by atoms with Crippen molar-refractivity contribution in [2.24, 2.45) is 0 Å². The van der Waals surface area contributed by atoms with E-state index in [1.54, 1.807) is 6.20 Å². The summed E-state index contributed by atoms with van der Waals surface area (Å²) in [5.74, 6) is 1.03. The molecule has 0 bridgehead atoms. The lowest BCUT2D eigenvalue weighted by Gasteiger charge is -2.12. The minimum atomic E-state index is 0.268. The molecule has 3 heterocycles. The van der Waals surface area contributed by atoms with E-state index < -0.39 is 0 Å². The zero-order chi connectivity index (χ0) is 21.2. The number of benzene rings is 2. The van der Waals surface area contributed by atoms with Crippen LogP contribution >= 0.6 is 0 Å². The zero-order valence-corrected chi connectivity index (χ0v) is 17.5. The highest BCUT2D eigenvalue weighted by atomic mass is 15.1. The fraction of sp³-hybridized carbons (Fsp3) is 0.208. The van der Waals surface area contributed by atoms with Crippen molar-refractivity contribution in [1.82, 2.24) is 24.1 Å². The monoisotopic (exact) mass is 411 g/mol. The van der Waals surface area contributed by atoms with Gasteiger partial charge in [0.15, 0.2) is 0 Å². The first-order valence-corrected chi connectivity index (χ1v) is 10.6. The van der Waals surface area contributed by atoms with Crippen LogP contribution in [0, 0.1) is 0 Å². The van der Waals surface area contributed by atoms with Crippen molar-refractivity contribution in [3.8, 4) is 0 Å². The molecule has 7 nitrogen and oxygen atoms in total. The fourth-order valence-corrected chi connectivity index (χ4v) is 4.19. The van der Waals surface area contributed by atoms with E-state index in [4.69, 9.17) is 5.73 Å². The molecule has 0 saturated heterocycles. The van der Waals surface area contributed by atoms with Crippen molar-refractivity contribution in [1.29, 1.82) is 0 Å². The highest BCUT2D eigenvalue weighted by Gasteiger charge is 2.12. The van der Waals surface area contributed by atoms with Crippen molar-refractivity contribution in [2.45, 2.75) is 32.9 Å². The Morgan fingerprint density at radius 2 is 1.94 bits per heavy atom. The second kappa shape index (κ2) is 8.10. The summed E-state index contributed by atoms with van der Waals surface area (Å²) in [7, 11) is 0. The molecule has 0 aliphatic carbocycles. The van der Waals surface area contributed by atoms with Crippen LogP contribution in [0.25, 0.3) is 21.8 Å². The van der Waals surface area contributed by atoms with E-state index >= 15 is 0 Å². The van der Waals surface area contributed by atoms with E-state index in [9.17, 15) is 0 Å². The molecule has 31 heavy (non-hydrogen) atoms. The third kappa shape index (κ3) is 3.70. The molecule has 0 spiro atoms. The number of anilines is 3. The second-order valence-corrected chi connectivity index (χ2v) is 7.62. The first kappa shape index (κ1) is 19.1. The van der Waals surface area contributed by atoms with Gasteiger partial charge in [0.05, 0.1) is 6.33 Å². The molecular formula is C24H25N7. The Kier molecular flexibility index (Phi) is 5.00. The standard InChI is InChI=1S/C24H25N7/c1-2-31-21-8-4-3-7-19(21)20-14-18(9-10-22(20)31)28-23-17(15-27-24(25)29-23)6-5-12-30-13-11-26-16-30/h3-4,7-11,13-16H,2,5-6,12H2,1H3,(H3,25,27,28,29). The van der Waals surface area contributed by atoms with Crippen molar-refractivity contribution >= 4 is 39.3 Å². The molecule has 0 saturated carbocycles. The van der Waals surface area contributed by atoms with Crippen LogP contribution in [0.2, 0.25) is 0 Å². The molecule has 5 aromatic rings. The van der Waals surface area contributed by atoms with Crippen LogP contribution in [0.15, 0.2) is 67.4 Å². The van der Waals surface area contributed by atoms with Crippen LogP contribution in [-0.4, -0.2) is 24.1 Å². The van der Waals surface area contributed by atoms with Crippen LogP contribution in [0.4, 0.5) is 17.5 Å². The Morgan fingerprint density at radius 3 is 2.77 bits per heavy atom. The molecule has 0 amide bonds. The highest BCUT2D eigenvalue weighted by molar-refractivity contribution is 6.09. The van der Waals surface area contributed by atoms with Crippen molar-refractivity contribution in [3.63, 3.8) is 0 Å². The number of nitrogens with zero attached hydrogens (tertiary/aromatic N) is 5. The van der Waals surface area contributed by atoms with Gasteiger partial charge in [0.25, 0.3) is 0 Å². The maximum absolute atomic E-state index is 5.90. The topological polar surface area (TPSA) is 86.6 Å². The lowest BCUT2D eigenvalue weighted by molar-refractivity contribution is 0.641. The van der Waals surface area contributed by atoms with Gasteiger partial charge in [-0.2, -0.15) is 4.98 Å². The second-order valence-electron chi connectivity index (χ2n) is 7.62. The Bertz CT molecular complexity index is 1340. The SMILES string of the molecule is CCn1c2ccccc2c2cc(Nc3nc(N)ncc3CCCn3ccnc3)ccc21. The number of nitrogen functional groups attached to an aromatic ring is 1. The molecule has 0 atom stereocenters. The van der Waals surface area contributed by atoms with Crippen LogP contribution < -0.4 is 11.1 Å². The lowest BCUT2D eigenvalue weighted by Crippen LogP contribution is -2.05. The normalized spacial score (nSPS) is 11.4. The molecule has 0 fully saturated rings. The Balaban J connectivity index is 1.45. The van der Waals surface area contributed by atoms with Gasteiger partial charge in [0.1, 0.15) is 5.82 Å². The Morgan fingerprint density at radius 1 is 1.06 bits per heavy atom. The summed E-state index contributed by atoms with van der Waals surface area (Å²) in [5.41, 5.74) is 10.4. The Hall–Kier alpha value is -3.87. The molecule has 0 radical (unpaired) electrons. The first-order valence-electron chi connectivity index (χ1n) is 10.6. The smallest absolute Gasteiger partial charge is 0.221 e. The van der Waals surface area contributed by atoms with E-state index in [1.165, 1.54) is 21.8 Å². The maximum atomic E-state index is 5.90. The van der Waals surface area contributed by atoms with Crippen LogP contribution in [-0.2, 0) is 19.5 Å². The van der Waals surface area contributed by atoms with E-state index in [0.717, 1.165) is 43.0 Å². The predicted molar refractivity (Wildman–Crippen MR) is 125 cm³/mol. The quantitative estimate of drug-likeness (QED) is 0.403. The van der Waals surface area contributed by atoms with Crippen LogP contribution in [0.1, 0.15) is 18.9 Å². The molecule has 2 aromatic carbocycles. The number of nitrogens with two attached hydrogens (primary N) is 1. The lowest BCUT2D eigenvalue weighted by atomic mass is 10.1. The molecule has 0 unspecified atom stereocenters. The molecule has 3 aromatic heterocycles. The molecule has 5 rings (SSSR count). The maximum Gasteiger partial charge on any atom is 0.221 e. The molecule has 0 aliphatic heterocycles. The average Bonchev–Trinajstić information content (AvgIpc) is 3.41. The molecule has 3 N–H and O–H groups in total. The third-order valence-electron chi connectivity index (χ3n) is 5.66. The summed E-state index contributed by atoms with van der Waals surface area (Å²) in [6, 6.07) is 15.0. The molecule has 7 heteroatoms. The third-order valence-corrected chi connectivity index (χ3v) is 5.66. The van der Waals surface area contributed by atoms with Crippen molar-refractivity contribution < 1.29 is 0 Å². The minimum Gasteiger partial charge on any atom is -0.368 e. The number of imidazole rings is 1. The minimum absolute atomic E-state index is 0.268. The van der Waals surface area contributed by atoms with Gasteiger partial charge in [0.2, 0.25) is 5.95 Å². The van der Waals surface area contributed by atoms with Gasteiger partial charge in [0, 0.05) is 64.7 Å². The molecule has 156 valence electrons. The average molecular weight is 412 g/mol. The summed E-state index contributed by atoms with van der Waals surface area (Å²) in [4.78, 5) is 12.8. The van der Waals surface area contributed by atoms with Crippen LogP contribution in [0.3, 0.4) is 0 Å². The zero-order valence-electron chi connectivity index (χ0n) is 17.5. The largest absolute Gasteiger partial charge is 0.368 e. The van der Waals surface area contributed by atoms with Gasteiger partial charge in [-0.1, -0.05) is 18.2 Å². The first-order chi connectivity index (χ1) is 15.2. The number of rotatable bonds is 7. The summed E-state index contributed by atoms with van der Waals surface area (Å²) >= 11 is 0. The van der Waals surface area contributed by atoms with Gasteiger partial charge < -0.3 is 20.2 Å². The van der Waals surface area contributed by atoms with Crippen LogP contribution in [0.5, 0.6) is 0 Å². The highest BCUT2D eigenvalue weighted by Crippen LogP contribution is 2.32. The number of aryl methyl sites for hydroxylation is 3. The summed E-state index contributed by atoms with van der Waals surface area (Å²) in [5, 5.41) is 5.96. The number of hydrogen-bond donors (Lipinski definition) is 2. The number of fused-ring (bicyclic) bond motifs is 3. The number of nitrogens with one attached hydrogen (secondary N) is 1. The van der Waals surface area contributed by atoms with Gasteiger partial charge in [-0.3, -0.25) is 0 Å². The van der Waals surface area contributed by atoms with Gasteiger partial charge in [-0.25, -0.2) is 9.97 Å². The molecular weight excluding hydrogens is 386 g/mol. The number of aromatic nitrogens is 5. The van der Waals surface area contributed by atoms with Gasteiger partial charge in [-0.15, -0.1) is 0 Å². The van der Waals surface area contributed by atoms with Gasteiger partial charge in [-0.05, 0) is 44.0 Å². The predicted octanol–water partition coefficient (Wildman–Crippen LogP) is 4.76. The van der Waals surface area contributed by atoms with E-state index in [-0.39, 0.29) is 5.95 Å². The van der Waals surface area contributed by atoms with Crippen molar-refractivity contribution in [2.75, 3.05) is 11.1 Å². The fourth-order valence-electron chi connectivity index (χ4n) is 4.19. The van der Waals surface area contributed by atoms with Gasteiger partial charge >= 0.3 is 0 Å². The van der Waals surface area contributed by atoms with E-state index in [0.29, 0.717) is 0 Å². The molecule has 0 aliphatic rings. The van der Waals surface area contributed by atoms with E-state index in [1.807, 2.05) is 18.7 Å². The van der Waals surface area contributed by atoms with Crippen molar-refractivity contribution in [3.05, 3.63) is 72.9 Å². The Labute approximate surface area is 180 Å². The summed E-state index contributed by atoms with van der Waals surface area (Å²) < 4.78 is 4.42. The van der Waals surface area contributed by atoms with E-state index in [2.05, 4.69) is 78.8 Å². The summed E-state index contributed by atoms with van der Waals surface area (Å²) in [6.07, 6.45) is 9.23.